The molecule has 0 saturated heterocycles. The zero-order chi connectivity index (χ0) is 10.6. The monoisotopic (exact) mass is 205 g/mol. The van der Waals surface area contributed by atoms with Gasteiger partial charge in [-0.1, -0.05) is 31.6 Å². The summed E-state index contributed by atoms with van der Waals surface area (Å²) in [6.07, 6.45) is 0.914. The highest BCUT2D eigenvalue weighted by Crippen LogP contribution is 2.07. The fourth-order valence-corrected chi connectivity index (χ4v) is 1.47. The molecule has 0 bridgehead atoms. The Balaban J connectivity index is 2.76. The van der Waals surface area contributed by atoms with Gasteiger partial charge in [-0.3, -0.25) is 4.98 Å². The standard InChI is InChI=1S/C11H15NOSi/c1-14(2,3)9-7-11(13)10-6-4-5-8-12-10/h4-6,8,11,13H,1-3H3. The molecule has 0 radical (unpaired) electrons. The Morgan fingerprint density at radius 3 is 2.57 bits per heavy atom. The van der Waals surface area contributed by atoms with Crippen LogP contribution in [0.1, 0.15) is 11.8 Å². The lowest BCUT2D eigenvalue weighted by atomic mass is 10.2. The summed E-state index contributed by atoms with van der Waals surface area (Å²) in [4.78, 5) is 4.04. The van der Waals surface area contributed by atoms with Gasteiger partial charge in [0.05, 0.1) is 5.69 Å². The van der Waals surface area contributed by atoms with E-state index in [4.69, 9.17) is 0 Å². The molecule has 1 heterocycles. The van der Waals surface area contributed by atoms with E-state index in [1.165, 1.54) is 0 Å². The molecule has 0 fully saturated rings. The quantitative estimate of drug-likeness (QED) is 0.562. The first-order valence-corrected chi connectivity index (χ1v) is 8.11. The molecule has 3 heteroatoms. The first-order valence-electron chi connectivity index (χ1n) is 4.61. The Morgan fingerprint density at radius 1 is 1.36 bits per heavy atom. The zero-order valence-electron chi connectivity index (χ0n) is 8.78. The van der Waals surface area contributed by atoms with Crippen molar-refractivity contribution in [1.29, 1.82) is 0 Å². The smallest absolute Gasteiger partial charge is 0.156 e. The first-order chi connectivity index (χ1) is 6.49. The topological polar surface area (TPSA) is 33.1 Å². The third-order valence-electron chi connectivity index (χ3n) is 1.55. The Hall–Kier alpha value is -1.11. The van der Waals surface area contributed by atoms with Gasteiger partial charge in [-0.05, 0) is 12.1 Å². The van der Waals surface area contributed by atoms with Gasteiger partial charge in [-0.2, -0.15) is 0 Å². The maximum atomic E-state index is 9.67. The van der Waals surface area contributed by atoms with Crippen molar-refractivity contribution in [3.05, 3.63) is 30.1 Å². The van der Waals surface area contributed by atoms with E-state index in [0.717, 1.165) is 0 Å². The Bertz CT molecular complexity index is 345. The molecule has 0 aromatic carbocycles. The largest absolute Gasteiger partial charge is 0.374 e. The molecule has 1 atom stereocenters. The molecule has 14 heavy (non-hydrogen) atoms. The van der Waals surface area contributed by atoms with Crippen LogP contribution in [0.25, 0.3) is 0 Å². The van der Waals surface area contributed by atoms with E-state index >= 15 is 0 Å². The first kappa shape index (κ1) is 11.0. The number of aliphatic hydroxyl groups is 1. The second kappa shape index (κ2) is 4.40. The van der Waals surface area contributed by atoms with Crippen LogP contribution >= 0.6 is 0 Å². The summed E-state index contributed by atoms with van der Waals surface area (Å²) in [6.45, 7) is 6.43. The van der Waals surface area contributed by atoms with E-state index in [2.05, 4.69) is 36.1 Å². The van der Waals surface area contributed by atoms with E-state index in [1.54, 1.807) is 12.3 Å². The van der Waals surface area contributed by atoms with Gasteiger partial charge in [0.1, 0.15) is 8.07 Å². The summed E-state index contributed by atoms with van der Waals surface area (Å²) in [5.74, 6) is 2.84. The molecule has 1 unspecified atom stereocenters. The molecule has 0 aliphatic heterocycles. The van der Waals surface area contributed by atoms with Gasteiger partial charge in [0.2, 0.25) is 0 Å². The summed E-state index contributed by atoms with van der Waals surface area (Å²) in [5, 5.41) is 9.67. The van der Waals surface area contributed by atoms with Crippen molar-refractivity contribution in [2.75, 3.05) is 0 Å². The Morgan fingerprint density at radius 2 is 2.07 bits per heavy atom. The van der Waals surface area contributed by atoms with Crippen LogP contribution in [-0.4, -0.2) is 18.2 Å². The van der Waals surface area contributed by atoms with Gasteiger partial charge < -0.3 is 5.11 Å². The molecule has 0 amide bonds. The second-order valence-electron chi connectivity index (χ2n) is 4.18. The molecule has 0 aliphatic rings. The third kappa shape index (κ3) is 3.73. The van der Waals surface area contributed by atoms with Crippen LogP contribution in [0, 0.1) is 11.5 Å². The fraction of sp³-hybridized carbons (Fsp3) is 0.364. The minimum Gasteiger partial charge on any atom is -0.374 e. The normalized spacial score (nSPS) is 12.9. The molecular formula is C11H15NOSi. The lowest BCUT2D eigenvalue weighted by Gasteiger charge is -2.06. The van der Waals surface area contributed by atoms with E-state index in [0.29, 0.717) is 5.69 Å². The molecule has 2 nitrogen and oxygen atoms in total. The predicted octanol–water partition coefficient (Wildman–Crippen LogP) is 2.00. The van der Waals surface area contributed by atoms with Gasteiger partial charge >= 0.3 is 0 Å². The van der Waals surface area contributed by atoms with Gasteiger partial charge in [0.15, 0.2) is 6.10 Å². The molecule has 0 saturated carbocycles. The molecule has 0 spiro atoms. The van der Waals surface area contributed by atoms with Gasteiger partial charge in [0.25, 0.3) is 0 Å². The van der Waals surface area contributed by atoms with Crippen LogP contribution in [0.4, 0.5) is 0 Å². The van der Waals surface area contributed by atoms with Crippen LogP contribution in [0.3, 0.4) is 0 Å². The SMILES string of the molecule is C[Si](C)(C)C#CC(O)c1ccccn1. The van der Waals surface area contributed by atoms with Crippen LogP contribution in [0.5, 0.6) is 0 Å². The van der Waals surface area contributed by atoms with Crippen LogP contribution in [0.15, 0.2) is 24.4 Å². The number of hydrogen-bond donors (Lipinski definition) is 1. The second-order valence-corrected chi connectivity index (χ2v) is 8.93. The van der Waals surface area contributed by atoms with Crippen LogP contribution in [-0.2, 0) is 0 Å². The molecule has 1 aromatic rings. The van der Waals surface area contributed by atoms with Crippen molar-refractivity contribution in [3.63, 3.8) is 0 Å². The zero-order valence-corrected chi connectivity index (χ0v) is 9.78. The number of rotatable bonds is 1. The number of aliphatic hydroxyl groups excluding tert-OH is 1. The minimum atomic E-state index is -1.40. The van der Waals surface area contributed by atoms with E-state index in [9.17, 15) is 5.11 Å². The van der Waals surface area contributed by atoms with Crippen molar-refractivity contribution in [3.8, 4) is 11.5 Å². The summed E-state index contributed by atoms with van der Waals surface area (Å²) in [5.41, 5.74) is 3.74. The lowest BCUT2D eigenvalue weighted by molar-refractivity contribution is 0.233. The van der Waals surface area contributed by atoms with Crippen LogP contribution in [0.2, 0.25) is 19.6 Å². The molecule has 1 rings (SSSR count). The van der Waals surface area contributed by atoms with E-state index < -0.39 is 14.2 Å². The van der Waals surface area contributed by atoms with Crippen molar-refractivity contribution in [2.45, 2.75) is 25.7 Å². The van der Waals surface area contributed by atoms with E-state index in [-0.39, 0.29) is 0 Å². The van der Waals surface area contributed by atoms with Crippen molar-refractivity contribution in [2.24, 2.45) is 0 Å². The number of nitrogens with zero attached hydrogens (tertiary/aromatic N) is 1. The molecule has 0 aliphatic carbocycles. The minimum absolute atomic E-state index is 0.623. The van der Waals surface area contributed by atoms with E-state index in [1.807, 2.05) is 12.1 Å². The molecular weight excluding hydrogens is 190 g/mol. The number of aromatic nitrogens is 1. The maximum Gasteiger partial charge on any atom is 0.156 e. The van der Waals surface area contributed by atoms with Crippen molar-refractivity contribution >= 4 is 8.07 Å². The van der Waals surface area contributed by atoms with Gasteiger partial charge in [-0.15, -0.1) is 5.54 Å². The van der Waals surface area contributed by atoms with Gasteiger partial charge in [-0.25, -0.2) is 0 Å². The summed E-state index contributed by atoms with van der Waals surface area (Å²) in [7, 11) is -1.40. The van der Waals surface area contributed by atoms with Gasteiger partial charge in [0, 0.05) is 6.20 Å². The average molecular weight is 205 g/mol. The van der Waals surface area contributed by atoms with Crippen molar-refractivity contribution in [1.82, 2.24) is 4.98 Å². The highest BCUT2D eigenvalue weighted by Gasteiger charge is 2.09. The molecule has 74 valence electrons. The summed E-state index contributed by atoms with van der Waals surface area (Å²) in [6, 6.07) is 5.45. The van der Waals surface area contributed by atoms with Crippen molar-refractivity contribution < 1.29 is 5.11 Å². The maximum absolute atomic E-state index is 9.67. The lowest BCUT2D eigenvalue weighted by Crippen LogP contribution is -2.17. The highest BCUT2D eigenvalue weighted by atomic mass is 28.3. The predicted molar refractivity (Wildman–Crippen MR) is 60.3 cm³/mol. The summed E-state index contributed by atoms with van der Waals surface area (Å²) >= 11 is 0. The third-order valence-corrected chi connectivity index (χ3v) is 2.45. The number of hydrogen-bond acceptors (Lipinski definition) is 2. The number of pyridine rings is 1. The highest BCUT2D eigenvalue weighted by molar-refractivity contribution is 6.83. The summed E-state index contributed by atoms with van der Waals surface area (Å²) < 4.78 is 0. The molecule has 1 aromatic heterocycles. The van der Waals surface area contributed by atoms with Crippen LogP contribution < -0.4 is 0 Å². The Kier molecular flexibility index (Phi) is 3.45. The average Bonchev–Trinajstić information content (AvgIpc) is 2.14. The Labute approximate surface area is 86.0 Å². The molecule has 1 N–H and O–H groups in total. The fourth-order valence-electron chi connectivity index (χ4n) is 0.897.